The lowest BCUT2D eigenvalue weighted by Crippen LogP contribution is -2.32. The van der Waals surface area contributed by atoms with E-state index < -0.39 is 5.41 Å². The number of aromatic nitrogens is 4. The fraction of sp³-hybridized carbons (Fsp3) is 0.0169. The van der Waals surface area contributed by atoms with Crippen molar-refractivity contribution < 1.29 is 4.74 Å². The van der Waals surface area contributed by atoms with E-state index in [1.807, 2.05) is 60.7 Å². The van der Waals surface area contributed by atoms with E-state index in [1.165, 1.54) is 22.3 Å². The predicted molar refractivity (Wildman–Crippen MR) is 257 cm³/mol. The molecule has 2 aromatic heterocycles. The Bertz CT molecular complexity index is 3520. The summed E-state index contributed by atoms with van der Waals surface area (Å²) in [6, 6.07) is 76.7. The average Bonchev–Trinajstić information content (AvgIpc) is 3.67. The van der Waals surface area contributed by atoms with E-state index in [0.717, 1.165) is 83.4 Å². The Morgan fingerprint density at radius 2 is 0.828 bits per heavy atom. The Balaban J connectivity index is 1.00. The van der Waals surface area contributed by atoms with Gasteiger partial charge in [0, 0.05) is 49.5 Å². The molecule has 0 atom stereocenters. The first-order chi connectivity index (χ1) is 31.7. The molecule has 0 N–H and O–H groups in total. The standard InChI is InChI=1S/C59H36N4O/c1-4-16-38(17-5-1)54-46-33-34-49-55(53(46)45-24-12-15-27-51(45)60-54)64-52-35-32-42(36-50(52)59(49)47-25-13-10-22-43(47)44-23-11-14-26-48(44)59)37-28-30-41(31-29-37)58-62-56(39-18-6-2-7-19-39)61-57(63-58)40-20-8-3-9-21-40/h1-36H. The van der Waals surface area contributed by atoms with E-state index in [0.29, 0.717) is 17.5 Å². The molecule has 0 saturated heterocycles. The van der Waals surface area contributed by atoms with Gasteiger partial charge in [0.05, 0.1) is 16.6 Å². The van der Waals surface area contributed by atoms with Gasteiger partial charge in [-0.3, -0.25) is 0 Å². The van der Waals surface area contributed by atoms with E-state index in [-0.39, 0.29) is 0 Å². The van der Waals surface area contributed by atoms with Crippen LogP contribution in [0.4, 0.5) is 0 Å². The molecule has 0 amide bonds. The molecular formula is C59H36N4O. The molecule has 5 nitrogen and oxygen atoms in total. The number of pyridine rings is 1. The van der Waals surface area contributed by atoms with Crippen LogP contribution in [0.3, 0.4) is 0 Å². The van der Waals surface area contributed by atoms with Gasteiger partial charge in [-0.15, -0.1) is 0 Å². The van der Waals surface area contributed by atoms with E-state index >= 15 is 0 Å². The molecular weight excluding hydrogens is 781 g/mol. The Hall–Kier alpha value is -8.54. The molecule has 9 aromatic carbocycles. The van der Waals surface area contributed by atoms with Gasteiger partial charge in [-0.1, -0.05) is 200 Å². The van der Waals surface area contributed by atoms with Crippen molar-refractivity contribution in [2.24, 2.45) is 0 Å². The van der Waals surface area contributed by atoms with Crippen LogP contribution >= 0.6 is 0 Å². The van der Waals surface area contributed by atoms with Crippen LogP contribution in [-0.2, 0) is 5.41 Å². The zero-order chi connectivity index (χ0) is 42.2. The number of para-hydroxylation sites is 1. The van der Waals surface area contributed by atoms with Crippen molar-refractivity contribution in [3.63, 3.8) is 0 Å². The Morgan fingerprint density at radius 3 is 1.45 bits per heavy atom. The van der Waals surface area contributed by atoms with Crippen molar-refractivity contribution in [3.05, 3.63) is 241 Å². The molecule has 2 aliphatic rings. The summed E-state index contributed by atoms with van der Waals surface area (Å²) >= 11 is 0. The highest BCUT2D eigenvalue weighted by Crippen LogP contribution is 2.63. The summed E-state index contributed by atoms with van der Waals surface area (Å²) in [5.74, 6) is 3.60. The molecule has 1 aliphatic carbocycles. The highest BCUT2D eigenvalue weighted by atomic mass is 16.5. The van der Waals surface area contributed by atoms with Gasteiger partial charge >= 0.3 is 0 Å². The predicted octanol–water partition coefficient (Wildman–Crippen LogP) is 14.4. The minimum atomic E-state index is -0.663. The second-order valence-electron chi connectivity index (χ2n) is 16.5. The lowest BCUT2D eigenvalue weighted by Gasteiger charge is -2.40. The van der Waals surface area contributed by atoms with Crippen LogP contribution < -0.4 is 4.74 Å². The van der Waals surface area contributed by atoms with Crippen molar-refractivity contribution in [1.82, 2.24) is 19.9 Å². The van der Waals surface area contributed by atoms with Crippen molar-refractivity contribution >= 4 is 21.7 Å². The number of hydrogen-bond donors (Lipinski definition) is 0. The molecule has 3 heterocycles. The average molecular weight is 817 g/mol. The number of benzene rings is 9. The van der Waals surface area contributed by atoms with Crippen LogP contribution in [-0.4, -0.2) is 19.9 Å². The van der Waals surface area contributed by atoms with Crippen LogP contribution in [0, 0.1) is 0 Å². The summed E-state index contributed by atoms with van der Waals surface area (Å²) in [4.78, 5) is 20.2. The number of fused-ring (bicyclic) bond motifs is 13. The quantitative estimate of drug-likeness (QED) is 0.162. The number of nitrogens with zero attached hydrogens (tertiary/aromatic N) is 4. The summed E-state index contributed by atoms with van der Waals surface area (Å²) in [6.07, 6.45) is 0. The summed E-state index contributed by atoms with van der Waals surface area (Å²) in [6.45, 7) is 0. The monoisotopic (exact) mass is 816 g/mol. The first kappa shape index (κ1) is 36.1. The lowest BCUT2D eigenvalue weighted by atomic mass is 9.65. The van der Waals surface area contributed by atoms with Gasteiger partial charge in [-0.2, -0.15) is 0 Å². The van der Waals surface area contributed by atoms with Gasteiger partial charge in [0.1, 0.15) is 11.5 Å². The number of rotatable bonds is 5. The van der Waals surface area contributed by atoms with Gasteiger partial charge in [0.15, 0.2) is 17.5 Å². The third kappa shape index (κ3) is 5.44. The van der Waals surface area contributed by atoms with E-state index in [9.17, 15) is 0 Å². The molecule has 1 aliphatic heterocycles. The van der Waals surface area contributed by atoms with Crippen LogP contribution in [0.5, 0.6) is 11.5 Å². The minimum Gasteiger partial charge on any atom is -0.456 e. The summed E-state index contributed by atoms with van der Waals surface area (Å²) in [5.41, 5.74) is 14.4. The van der Waals surface area contributed by atoms with E-state index in [1.54, 1.807) is 0 Å². The molecule has 1 spiro atoms. The first-order valence-corrected chi connectivity index (χ1v) is 21.6. The van der Waals surface area contributed by atoms with Gasteiger partial charge < -0.3 is 4.74 Å². The number of ether oxygens (including phenoxy) is 1. The molecule has 0 fully saturated rings. The third-order valence-electron chi connectivity index (χ3n) is 13.0. The maximum Gasteiger partial charge on any atom is 0.164 e. The summed E-state index contributed by atoms with van der Waals surface area (Å²) < 4.78 is 7.32. The second-order valence-corrected chi connectivity index (χ2v) is 16.5. The third-order valence-corrected chi connectivity index (χ3v) is 13.0. The smallest absolute Gasteiger partial charge is 0.164 e. The zero-order valence-corrected chi connectivity index (χ0v) is 34.5. The normalized spacial score (nSPS) is 12.9. The van der Waals surface area contributed by atoms with Gasteiger partial charge in [-0.05, 0) is 51.6 Å². The van der Waals surface area contributed by atoms with Gasteiger partial charge in [0.25, 0.3) is 0 Å². The Labute approximate surface area is 370 Å². The Morgan fingerprint density at radius 1 is 0.328 bits per heavy atom. The van der Waals surface area contributed by atoms with Crippen molar-refractivity contribution in [3.8, 4) is 79.2 Å². The summed E-state index contributed by atoms with van der Waals surface area (Å²) in [5, 5.41) is 3.19. The first-order valence-electron chi connectivity index (χ1n) is 21.6. The lowest BCUT2D eigenvalue weighted by molar-refractivity contribution is 0.442. The molecule has 298 valence electrons. The largest absolute Gasteiger partial charge is 0.456 e. The molecule has 0 saturated carbocycles. The van der Waals surface area contributed by atoms with Crippen LogP contribution in [0.15, 0.2) is 218 Å². The molecule has 5 heteroatoms. The zero-order valence-electron chi connectivity index (χ0n) is 34.5. The molecule has 0 radical (unpaired) electrons. The van der Waals surface area contributed by atoms with Crippen LogP contribution in [0.1, 0.15) is 22.3 Å². The highest BCUT2D eigenvalue weighted by molar-refractivity contribution is 6.15. The van der Waals surface area contributed by atoms with E-state index in [4.69, 9.17) is 24.7 Å². The van der Waals surface area contributed by atoms with Crippen molar-refractivity contribution in [2.45, 2.75) is 5.41 Å². The second kappa shape index (κ2) is 14.3. The minimum absolute atomic E-state index is 0.623. The van der Waals surface area contributed by atoms with Crippen LogP contribution in [0.25, 0.3) is 89.4 Å². The molecule has 0 unspecified atom stereocenters. The molecule has 0 bridgehead atoms. The number of hydrogen-bond acceptors (Lipinski definition) is 5. The molecule has 64 heavy (non-hydrogen) atoms. The summed E-state index contributed by atoms with van der Waals surface area (Å²) in [7, 11) is 0. The fourth-order valence-corrected chi connectivity index (χ4v) is 10.1. The van der Waals surface area contributed by atoms with E-state index in [2.05, 4.69) is 158 Å². The van der Waals surface area contributed by atoms with Crippen molar-refractivity contribution in [2.75, 3.05) is 0 Å². The van der Waals surface area contributed by atoms with Crippen molar-refractivity contribution in [1.29, 1.82) is 0 Å². The molecule has 11 aromatic rings. The SMILES string of the molecule is c1ccc(-c2nc(-c3ccccc3)nc(-c3ccc(-c4ccc5c(c4)C4(c6ccccc6-c6ccccc64)c4ccc6c(-c7ccccc7)nc7ccccc7c6c4O5)cc3)n2)cc1. The topological polar surface area (TPSA) is 60.8 Å². The highest BCUT2D eigenvalue weighted by Gasteiger charge is 2.51. The maximum absolute atomic E-state index is 7.32. The fourth-order valence-electron chi connectivity index (χ4n) is 10.1. The van der Waals surface area contributed by atoms with Gasteiger partial charge in [0.2, 0.25) is 0 Å². The maximum atomic E-state index is 7.32. The van der Waals surface area contributed by atoms with Gasteiger partial charge in [-0.25, -0.2) is 19.9 Å². The molecule has 13 rings (SSSR count). The Kier molecular flexibility index (Phi) is 8.06. The van der Waals surface area contributed by atoms with Crippen LogP contribution in [0.2, 0.25) is 0 Å².